The molecule has 1 N–H and O–H groups in total. The average molecular weight is 427 g/mol. The fraction of sp³-hybridized carbons (Fsp3) is 0.130. The van der Waals surface area contributed by atoms with Crippen LogP contribution in [0, 0.1) is 6.92 Å². The molecule has 5 aromatic rings. The summed E-state index contributed by atoms with van der Waals surface area (Å²) in [5.41, 5.74) is 2.69. The van der Waals surface area contributed by atoms with E-state index in [4.69, 9.17) is 14.6 Å². The summed E-state index contributed by atoms with van der Waals surface area (Å²) in [7, 11) is 1.44. The van der Waals surface area contributed by atoms with Crippen LogP contribution in [-0.4, -0.2) is 31.1 Å². The zero-order valence-corrected chi connectivity index (χ0v) is 17.2. The SMILES string of the molecule is Cc1nn(-c2ccccc2)c2nc3[nH]c(=O)n(C)c(=O)c3c(-c3ccc4c(c3)OCO4)c12. The van der Waals surface area contributed by atoms with E-state index in [1.54, 1.807) is 4.68 Å². The number of hydrogen-bond acceptors (Lipinski definition) is 6. The van der Waals surface area contributed by atoms with Gasteiger partial charge in [0.2, 0.25) is 6.79 Å². The molecule has 6 rings (SSSR count). The highest BCUT2D eigenvalue weighted by Crippen LogP contribution is 2.40. The van der Waals surface area contributed by atoms with Crippen molar-refractivity contribution < 1.29 is 9.47 Å². The van der Waals surface area contributed by atoms with Crippen LogP contribution in [0.1, 0.15) is 5.69 Å². The normalized spacial score (nSPS) is 12.7. The Labute approximate surface area is 180 Å². The Morgan fingerprint density at radius 2 is 1.78 bits per heavy atom. The predicted octanol–water partition coefficient (Wildman–Crippen LogP) is 2.66. The van der Waals surface area contributed by atoms with Crippen molar-refractivity contribution in [3.05, 3.63) is 75.1 Å². The van der Waals surface area contributed by atoms with Crippen molar-refractivity contribution in [1.82, 2.24) is 24.3 Å². The van der Waals surface area contributed by atoms with Gasteiger partial charge in [-0.2, -0.15) is 5.10 Å². The molecule has 0 amide bonds. The average Bonchev–Trinajstić information content (AvgIpc) is 3.40. The summed E-state index contributed by atoms with van der Waals surface area (Å²) in [6.45, 7) is 2.02. The molecular formula is C23H17N5O4. The highest BCUT2D eigenvalue weighted by Gasteiger charge is 2.24. The maximum atomic E-state index is 13.2. The van der Waals surface area contributed by atoms with Gasteiger partial charge in [-0.15, -0.1) is 0 Å². The van der Waals surface area contributed by atoms with Gasteiger partial charge in [-0.3, -0.25) is 14.3 Å². The van der Waals surface area contributed by atoms with Crippen LogP contribution in [0.25, 0.3) is 38.9 Å². The number of para-hydroxylation sites is 1. The molecule has 1 aliphatic rings. The molecule has 0 unspecified atom stereocenters. The maximum Gasteiger partial charge on any atom is 0.329 e. The first kappa shape index (κ1) is 18.4. The van der Waals surface area contributed by atoms with Crippen molar-refractivity contribution in [3.63, 3.8) is 0 Å². The summed E-state index contributed by atoms with van der Waals surface area (Å²) in [4.78, 5) is 33.0. The molecule has 0 bridgehead atoms. The minimum Gasteiger partial charge on any atom is -0.454 e. The third kappa shape index (κ3) is 2.51. The molecule has 9 nitrogen and oxygen atoms in total. The molecule has 0 spiro atoms. The highest BCUT2D eigenvalue weighted by atomic mass is 16.7. The van der Waals surface area contributed by atoms with E-state index in [0.717, 1.165) is 21.2 Å². The number of hydrogen-bond donors (Lipinski definition) is 1. The molecule has 0 saturated carbocycles. The zero-order valence-electron chi connectivity index (χ0n) is 17.2. The lowest BCUT2D eigenvalue weighted by Gasteiger charge is -2.11. The number of H-pyrrole nitrogens is 1. The first-order valence-electron chi connectivity index (χ1n) is 10.0. The molecule has 4 heterocycles. The van der Waals surface area contributed by atoms with Crippen LogP contribution in [0.15, 0.2) is 58.1 Å². The van der Waals surface area contributed by atoms with Crippen LogP contribution < -0.4 is 20.7 Å². The van der Waals surface area contributed by atoms with Gasteiger partial charge in [0, 0.05) is 12.6 Å². The van der Waals surface area contributed by atoms with Gasteiger partial charge in [-0.25, -0.2) is 14.5 Å². The van der Waals surface area contributed by atoms with Gasteiger partial charge in [-0.05, 0) is 36.8 Å². The fourth-order valence-corrected chi connectivity index (χ4v) is 4.15. The van der Waals surface area contributed by atoms with Crippen LogP contribution >= 0.6 is 0 Å². The molecule has 0 aliphatic carbocycles. The Balaban J connectivity index is 1.81. The molecule has 0 atom stereocenters. The number of nitrogens with one attached hydrogen (secondary N) is 1. The number of nitrogens with zero attached hydrogens (tertiary/aromatic N) is 4. The standard InChI is InChI=1S/C23H17N5O4/c1-12-17-18(13-8-9-15-16(10-13)32-11-31-15)19-20(25-23(30)27(2)22(19)29)24-21(17)28(26-12)14-6-4-3-5-7-14/h3-10H,11H2,1-2H3,(H,24,25,30). The largest absolute Gasteiger partial charge is 0.454 e. The first-order valence-corrected chi connectivity index (χ1v) is 10.0. The minimum absolute atomic E-state index is 0.144. The van der Waals surface area contributed by atoms with Crippen LogP contribution in [-0.2, 0) is 7.05 Å². The van der Waals surface area contributed by atoms with E-state index in [0.29, 0.717) is 33.8 Å². The molecule has 9 heteroatoms. The quantitative estimate of drug-likeness (QED) is 0.465. The molecule has 3 aromatic heterocycles. The molecule has 0 saturated heterocycles. The van der Waals surface area contributed by atoms with Crippen molar-refractivity contribution in [3.8, 4) is 28.3 Å². The van der Waals surface area contributed by atoms with Gasteiger partial charge in [0.15, 0.2) is 17.1 Å². The number of rotatable bonds is 2. The highest BCUT2D eigenvalue weighted by molar-refractivity contribution is 6.09. The number of fused-ring (bicyclic) bond motifs is 3. The Bertz CT molecular complexity index is 1660. The molecule has 0 radical (unpaired) electrons. The summed E-state index contributed by atoms with van der Waals surface area (Å²) in [5, 5.41) is 5.75. The first-order chi connectivity index (χ1) is 15.5. The van der Waals surface area contributed by atoms with Crippen molar-refractivity contribution >= 4 is 22.1 Å². The van der Waals surface area contributed by atoms with Gasteiger partial charge < -0.3 is 9.47 Å². The second-order valence-electron chi connectivity index (χ2n) is 7.60. The summed E-state index contributed by atoms with van der Waals surface area (Å²) in [6, 6.07) is 15.1. The van der Waals surface area contributed by atoms with Gasteiger partial charge in [0.25, 0.3) is 5.56 Å². The second kappa shape index (κ2) is 6.55. The lowest BCUT2D eigenvalue weighted by molar-refractivity contribution is 0.174. The number of benzene rings is 2. The third-order valence-electron chi connectivity index (χ3n) is 5.70. The van der Waals surface area contributed by atoms with Crippen LogP contribution in [0.3, 0.4) is 0 Å². The number of ether oxygens (including phenoxy) is 2. The lowest BCUT2D eigenvalue weighted by Crippen LogP contribution is -2.33. The summed E-state index contributed by atoms with van der Waals surface area (Å²) in [5.74, 6) is 1.23. The van der Waals surface area contributed by atoms with Gasteiger partial charge in [0.05, 0.1) is 22.2 Å². The second-order valence-corrected chi connectivity index (χ2v) is 7.60. The van der Waals surface area contributed by atoms with E-state index in [9.17, 15) is 9.59 Å². The zero-order chi connectivity index (χ0) is 22.0. The predicted molar refractivity (Wildman–Crippen MR) is 119 cm³/mol. The monoisotopic (exact) mass is 427 g/mol. The number of aryl methyl sites for hydroxylation is 1. The molecule has 32 heavy (non-hydrogen) atoms. The maximum absolute atomic E-state index is 13.2. The van der Waals surface area contributed by atoms with Gasteiger partial charge >= 0.3 is 5.69 Å². The van der Waals surface area contributed by atoms with E-state index >= 15 is 0 Å². The Kier molecular flexibility index (Phi) is 3.76. The Hall–Kier alpha value is -4.40. The van der Waals surface area contributed by atoms with Crippen LogP contribution in [0.5, 0.6) is 11.5 Å². The number of aromatic amines is 1. The number of pyridine rings is 1. The molecule has 0 fully saturated rings. The summed E-state index contributed by atoms with van der Waals surface area (Å²) < 4.78 is 13.8. The summed E-state index contributed by atoms with van der Waals surface area (Å²) >= 11 is 0. The van der Waals surface area contributed by atoms with Crippen molar-refractivity contribution in [2.24, 2.45) is 7.05 Å². The fourth-order valence-electron chi connectivity index (χ4n) is 4.15. The van der Waals surface area contributed by atoms with Crippen molar-refractivity contribution in [1.29, 1.82) is 0 Å². The van der Waals surface area contributed by atoms with E-state index in [1.165, 1.54) is 7.05 Å². The van der Waals surface area contributed by atoms with Crippen molar-refractivity contribution in [2.75, 3.05) is 6.79 Å². The minimum atomic E-state index is -0.534. The molecule has 158 valence electrons. The summed E-state index contributed by atoms with van der Waals surface area (Å²) in [6.07, 6.45) is 0. The van der Waals surface area contributed by atoms with Crippen LogP contribution in [0.4, 0.5) is 0 Å². The van der Waals surface area contributed by atoms with Gasteiger partial charge in [-0.1, -0.05) is 24.3 Å². The van der Waals surface area contributed by atoms with E-state index in [-0.39, 0.29) is 12.4 Å². The third-order valence-corrected chi connectivity index (χ3v) is 5.70. The number of aromatic nitrogens is 5. The van der Waals surface area contributed by atoms with E-state index in [2.05, 4.69) is 9.97 Å². The van der Waals surface area contributed by atoms with Gasteiger partial charge in [0.1, 0.15) is 5.65 Å². The van der Waals surface area contributed by atoms with Crippen LogP contribution in [0.2, 0.25) is 0 Å². The molecular weight excluding hydrogens is 410 g/mol. The topological polar surface area (TPSA) is 104 Å². The van der Waals surface area contributed by atoms with E-state index in [1.807, 2.05) is 55.5 Å². The lowest BCUT2D eigenvalue weighted by atomic mass is 9.98. The molecule has 1 aliphatic heterocycles. The molecule has 2 aromatic carbocycles. The smallest absolute Gasteiger partial charge is 0.329 e. The Morgan fingerprint density at radius 1 is 1.00 bits per heavy atom. The van der Waals surface area contributed by atoms with E-state index < -0.39 is 11.2 Å². The Morgan fingerprint density at radius 3 is 2.59 bits per heavy atom. The van der Waals surface area contributed by atoms with Crippen molar-refractivity contribution in [2.45, 2.75) is 6.92 Å².